The first-order valence-corrected chi connectivity index (χ1v) is 18.9. The molecule has 2 atom stereocenters. The first kappa shape index (κ1) is 36.8. The van der Waals surface area contributed by atoms with Crippen molar-refractivity contribution in [1.29, 1.82) is 0 Å². The summed E-state index contributed by atoms with van der Waals surface area (Å²) in [4.78, 5) is 83.7. The average molecular weight is 769 g/mol. The lowest BCUT2D eigenvalue weighted by atomic mass is 9.99. The summed E-state index contributed by atoms with van der Waals surface area (Å²) in [6.07, 6.45) is 1.36. The van der Waals surface area contributed by atoms with Crippen molar-refractivity contribution in [3.63, 3.8) is 0 Å². The van der Waals surface area contributed by atoms with E-state index < -0.39 is 35.7 Å². The van der Waals surface area contributed by atoms with Gasteiger partial charge in [-0.1, -0.05) is 29.8 Å². The van der Waals surface area contributed by atoms with Gasteiger partial charge in [0.25, 0.3) is 11.8 Å². The third-order valence-electron chi connectivity index (χ3n) is 9.88. The number of fused-ring (bicyclic) bond motifs is 4. The second kappa shape index (κ2) is 15.1. The smallest absolute Gasteiger partial charge is 0.264 e. The van der Waals surface area contributed by atoms with Gasteiger partial charge >= 0.3 is 0 Å². The lowest BCUT2D eigenvalue weighted by molar-refractivity contribution is -0.136. The molecule has 1 fully saturated rings. The number of aliphatic imine (C=N–C) groups is 1. The number of Topliss-reactive ketones (excluding diaryl/α,β-unsaturated/α-hetero) is 1. The van der Waals surface area contributed by atoms with Gasteiger partial charge in [0.1, 0.15) is 22.9 Å². The summed E-state index contributed by atoms with van der Waals surface area (Å²) in [7, 11) is 0. The highest BCUT2D eigenvalue weighted by atomic mass is 35.5. The number of piperidine rings is 1. The van der Waals surface area contributed by atoms with Crippen LogP contribution in [0, 0.1) is 20.8 Å². The molecule has 0 aliphatic carbocycles. The van der Waals surface area contributed by atoms with Gasteiger partial charge in [-0.2, -0.15) is 0 Å². The molecule has 3 aliphatic heterocycles. The lowest BCUT2D eigenvalue weighted by Gasteiger charge is -2.27. The molecule has 0 radical (unpaired) electrons. The SMILES string of the molecule is Cc1sc2c(c1C)C(c1ccc(Cl)cc1)=N[C@@H](CC(=O)CNC(=O)CCCCNc1cccc3c1C(=O)N(C1CCC(=O)NC1=O)C3=O)c1nnc(C)n1-2. The maximum Gasteiger partial charge on any atom is 0.264 e. The summed E-state index contributed by atoms with van der Waals surface area (Å²) < 4.78 is 1.98. The van der Waals surface area contributed by atoms with Crippen molar-refractivity contribution < 1.29 is 28.8 Å². The molecule has 0 bridgehead atoms. The Morgan fingerprint density at radius 3 is 2.52 bits per heavy atom. The van der Waals surface area contributed by atoms with Crippen LogP contribution in [0.1, 0.15) is 98.5 Å². The van der Waals surface area contributed by atoms with Crippen LogP contribution in [0.3, 0.4) is 0 Å². The molecule has 2 aromatic heterocycles. The fourth-order valence-corrected chi connectivity index (χ4v) is 8.34. The number of benzene rings is 2. The Bertz CT molecular complexity index is 2260. The molecule has 3 aliphatic rings. The number of aromatic nitrogens is 3. The van der Waals surface area contributed by atoms with Crippen LogP contribution in [0.4, 0.5) is 5.69 Å². The molecular formula is C38H37ClN8O6S. The number of amides is 5. The van der Waals surface area contributed by atoms with E-state index in [4.69, 9.17) is 16.6 Å². The number of nitrogens with one attached hydrogen (secondary N) is 3. The number of imide groups is 2. The number of hydrogen-bond donors (Lipinski definition) is 3. The van der Waals surface area contributed by atoms with Gasteiger partial charge in [0, 0.05) is 52.5 Å². The highest BCUT2D eigenvalue weighted by Crippen LogP contribution is 2.40. The summed E-state index contributed by atoms with van der Waals surface area (Å²) in [6, 6.07) is 10.6. The maximum absolute atomic E-state index is 13.3. The van der Waals surface area contributed by atoms with Crippen LogP contribution >= 0.6 is 22.9 Å². The van der Waals surface area contributed by atoms with E-state index >= 15 is 0 Å². The topological polar surface area (TPSA) is 185 Å². The number of unbranched alkanes of at least 4 members (excludes halogenated alkanes) is 1. The maximum atomic E-state index is 13.3. The van der Waals surface area contributed by atoms with Crippen molar-refractivity contribution in [2.24, 2.45) is 4.99 Å². The molecular weight excluding hydrogens is 732 g/mol. The van der Waals surface area contributed by atoms with Gasteiger partial charge in [0.05, 0.1) is 23.4 Å². The molecule has 14 nitrogen and oxygen atoms in total. The molecule has 4 aromatic rings. The number of carbonyl (C=O) groups is 6. The van der Waals surface area contributed by atoms with Crippen molar-refractivity contribution in [3.8, 4) is 5.00 Å². The van der Waals surface area contributed by atoms with E-state index in [2.05, 4.69) is 40.0 Å². The van der Waals surface area contributed by atoms with Crippen LogP contribution in [-0.2, 0) is 19.2 Å². The molecule has 278 valence electrons. The van der Waals surface area contributed by atoms with Crippen LogP contribution in [-0.4, -0.2) is 79.8 Å². The predicted molar refractivity (Wildman–Crippen MR) is 201 cm³/mol. The number of hydrogen-bond acceptors (Lipinski definition) is 11. The van der Waals surface area contributed by atoms with Gasteiger partial charge in [-0.05, 0) is 69.9 Å². The normalized spacial score (nSPS) is 17.7. The summed E-state index contributed by atoms with van der Waals surface area (Å²) in [5.41, 5.74) is 4.47. The largest absolute Gasteiger partial charge is 0.384 e. The number of nitrogens with zero attached hydrogens (tertiary/aromatic N) is 5. The molecule has 7 rings (SSSR count). The highest BCUT2D eigenvalue weighted by molar-refractivity contribution is 7.15. The van der Waals surface area contributed by atoms with Crippen molar-refractivity contribution in [1.82, 2.24) is 30.3 Å². The zero-order valence-corrected chi connectivity index (χ0v) is 31.4. The van der Waals surface area contributed by atoms with Gasteiger partial charge in [-0.25, -0.2) is 0 Å². The summed E-state index contributed by atoms with van der Waals surface area (Å²) in [5.74, 6) is -1.51. The van der Waals surface area contributed by atoms with Gasteiger partial charge < -0.3 is 10.6 Å². The third-order valence-corrected chi connectivity index (χ3v) is 11.3. The number of ketones is 1. The van der Waals surface area contributed by atoms with E-state index in [0.717, 1.165) is 37.2 Å². The van der Waals surface area contributed by atoms with Crippen LogP contribution < -0.4 is 16.0 Å². The Morgan fingerprint density at radius 2 is 1.76 bits per heavy atom. The lowest BCUT2D eigenvalue weighted by Crippen LogP contribution is -2.54. The Hall–Kier alpha value is -5.54. The standard InChI is InChI=1S/C38H37ClN8O6S/c1-19-20(2)54-38-31(19)33(22-10-12-23(39)13-11-22)42-27(34-45-44-21(3)46(34)38)17-24(48)18-41-29(49)9-4-5-16-40-26-8-6-7-25-32(26)37(53)47(36(25)52)28-14-15-30(50)43-35(28)51/h6-8,10-13,27-28,40H,4-5,9,14-18H2,1-3H3,(H,41,49)(H,43,50,51)/t27-,28?/m0/s1. The number of anilines is 1. The second-order valence-electron chi connectivity index (χ2n) is 13.5. The number of aryl methyl sites for hydroxylation is 2. The zero-order chi connectivity index (χ0) is 38.3. The number of carbonyl (C=O) groups excluding carboxylic acids is 6. The summed E-state index contributed by atoms with van der Waals surface area (Å²) in [5, 5.41) is 18.4. The van der Waals surface area contributed by atoms with Crippen molar-refractivity contribution in [2.45, 2.75) is 71.4 Å². The van der Waals surface area contributed by atoms with E-state index in [1.807, 2.05) is 35.8 Å². The van der Waals surface area contributed by atoms with E-state index in [1.54, 1.807) is 23.5 Å². The first-order valence-electron chi connectivity index (χ1n) is 17.7. The average Bonchev–Trinajstić information content (AvgIpc) is 3.72. The Labute approximate surface area is 319 Å². The molecule has 54 heavy (non-hydrogen) atoms. The fourth-order valence-electron chi connectivity index (χ4n) is 7.00. The molecule has 1 unspecified atom stereocenters. The van der Waals surface area contributed by atoms with Crippen molar-refractivity contribution in [2.75, 3.05) is 18.4 Å². The van der Waals surface area contributed by atoms with Crippen LogP contribution in [0.15, 0.2) is 47.5 Å². The van der Waals surface area contributed by atoms with Crippen molar-refractivity contribution in [3.05, 3.63) is 91.8 Å². The Morgan fingerprint density at radius 1 is 0.981 bits per heavy atom. The molecule has 0 saturated carbocycles. The molecule has 5 heterocycles. The molecule has 0 spiro atoms. The number of rotatable bonds is 12. The quantitative estimate of drug-likeness (QED) is 0.137. The van der Waals surface area contributed by atoms with Crippen LogP contribution in [0.25, 0.3) is 5.00 Å². The van der Waals surface area contributed by atoms with Crippen LogP contribution in [0.5, 0.6) is 0 Å². The summed E-state index contributed by atoms with van der Waals surface area (Å²) in [6.45, 7) is 6.23. The Balaban J connectivity index is 0.938. The first-order chi connectivity index (χ1) is 25.9. The number of halogens is 1. The molecule has 16 heteroatoms. The van der Waals surface area contributed by atoms with Crippen molar-refractivity contribution >= 4 is 69.7 Å². The fraction of sp³-hybridized carbons (Fsp3) is 0.342. The van der Waals surface area contributed by atoms with Gasteiger partial charge in [-0.15, -0.1) is 21.5 Å². The number of thiophene rings is 1. The van der Waals surface area contributed by atoms with E-state index in [-0.39, 0.29) is 55.0 Å². The zero-order valence-electron chi connectivity index (χ0n) is 29.8. The van der Waals surface area contributed by atoms with E-state index in [1.165, 1.54) is 6.07 Å². The third kappa shape index (κ3) is 6.96. The molecule has 1 saturated heterocycles. The second-order valence-corrected chi connectivity index (χ2v) is 15.1. The van der Waals surface area contributed by atoms with Crippen LogP contribution in [0.2, 0.25) is 5.02 Å². The molecule has 5 amide bonds. The monoisotopic (exact) mass is 768 g/mol. The minimum absolute atomic E-state index is 0.00991. The predicted octanol–water partition coefficient (Wildman–Crippen LogP) is 4.56. The highest BCUT2D eigenvalue weighted by Gasteiger charge is 2.45. The Kier molecular flexibility index (Phi) is 10.3. The van der Waals surface area contributed by atoms with Gasteiger partial charge in [0.15, 0.2) is 11.6 Å². The summed E-state index contributed by atoms with van der Waals surface area (Å²) >= 11 is 7.83. The van der Waals surface area contributed by atoms with E-state index in [0.29, 0.717) is 41.7 Å². The minimum Gasteiger partial charge on any atom is -0.384 e. The van der Waals surface area contributed by atoms with Gasteiger partial charge in [0.2, 0.25) is 17.7 Å². The molecule has 3 N–H and O–H groups in total. The minimum atomic E-state index is -1.05. The van der Waals surface area contributed by atoms with Gasteiger partial charge in [-0.3, -0.25) is 48.5 Å². The van der Waals surface area contributed by atoms with E-state index in [9.17, 15) is 28.8 Å². The molecule has 2 aromatic carbocycles.